The number of aromatic nitrogens is 2. The van der Waals surface area contributed by atoms with Crippen LogP contribution < -0.4 is 10.6 Å². The fraction of sp³-hybridized carbons (Fsp3) is 0.375. The number of rotatable bonds is 4. The van der Waals surface area contributed by atoms with Gasteiger partial charge in [0.25, 0.3) is 0 Å². The van der Waals surface area contributed by atoms with E-state index in [0.717, 1.165) is 37.7 Å². The predicted octanol–water partition coefficient (Wildman–Crippen LogP) is 2.20. The first-order valence-corrected chi connectivity index (χ1v) is 7.19. The molecule has 1 saturated heterocycles. The molecule has 0 saturated carbocycles. The lowest BCUT2D eigenvalue weighted by molar-refractivity contribution is 0.193. The molecule has 0 amide bonds. The van der Waals surface area contributed by atoms with Gasteiger partial charge in [0.1, 0.15) is 5.82 Å². The Hall–Kier alpha value is -2.14. The van der Waals surface area contributed by atoms with Gasteiger partial charge in [-0.2, -0.15) is 4.98 Å². The fourth-order valence-electron chi connectivity index (χ4n) is 2.58. The van der Waals surface area contributed by atoms with Gasteiger partial charge >= 0.3 is 0 Å². The molecule has 2 aromatic rings. The van der Waals surface area contributed by atoms with Crippen molar-refractivity contribution in [1.29, 1.82) is 0 Å². The number of hydrogen-bond acceptors (Lipinski definition) is 5. The van der Waals surface area contributed by atoms with Crippen molar-refractivity contribution < 1.29 is 4.74 Å². The van der Waals surface area contributed by atoms with Crippen LogP contribution in [0.2, 0.25) is 0 Å². The van der Waals surface area contributed by atoms with Gasteiger partial charge < -0.3 is 15.4 Å². The van der Waals surface area contributed by atoms with Gasteiger partial charge in [0, 0.05) is 32.2 Å². The molecule has 1 fully saturated rings. The molecule has 5 heteroatoms. The van der Waals surface area contributed by atoms with E-state index in [4.69, 9.17) is 10.5 Å². The van der Waals surface area contributed by atoms with Gasteiger partial charge in [-0.3, -0.25) is 0 Å². The third kappa shape index (κ3) is 3.31. The third-order valence-electron chi connectivity index (χ3n) is 3.75. The molecule has 0 spiro atoms. The second-order valence-corrected chi connectivity index (χ2v) is 5.41. The fourth-order valence-corrected chi connectivity index (χ4v) is 2.58. The number of nitrogens with zero attached hydrogens (tertiary/aromatic N) is 3. The molecule has 3 rings (SSSR count). The molecule has 1 aromatic carbocycles. The number of nitrogens with two attached hydrogens (primary N) is 1. The third-order valence-corrected chi connectivity index (χ3v) is 3.75. The molecule has 21 heavy (non-hydrogen) atoms. The first kappa shape index (κ1) is 13.8. The lowest BCUT2D eigenvalue weighted by Crippen LogP contribution is -2.19. The summed E-state index contributed by atoms with van der Waals surface area (Å²) in [6.45, 7) is 2.31. The SMILES string of the molecule is CN(Cc1ccccc1)c1cc([C@@H]2CCOC2)nc(N)n1. The van der Waals surface area contributed by atoms with E-state index < -0.39 is 0 Å². The Balaban J connectivity index is 1.80. The van der Waals surface area contributed by atoms with Gasteiger partial charge in [-0.05, 0) is 12.0 Å². The van der Waals surface area contributed by atoms with Gasteiger partial charge in [-0.15, -0.1) is 0 Å². The number of ether oxygens (including phenoxy) is 1. The van der Waals surface area contributed by atoms with Crippen molar-refractivity contribution in [2.24, 2.45) is 0 Å². The second kappa shape index (κ2) is 6.10. The van der Waals surface area contributed by atoms with Crippen LogP contribution >= 0.6 is 0 Å². The molecule has 110 valence electrons. The molecule has 0 unspecified atom stereocenters. The van der Waals surface area contributed by atoms with Crippen LogP contribution in [0.4, 0.5) is 11.8 Å². The Bertz CT molecular complexity index is 596. The Morgan fingerprint density at radius 1 is 1.29 bits per heavy atom. The number of anilines is 2. The van der Waals surface area contributed by atoms with Crippen molar-refractivity contribution in [1.82, 2.24) is 9.97 Å². The summed E-state index contributed by atoms with van der Waals surface area (Å²) in [6.07, 6.45) is 0.998. The van der Waals surface area contributed by atoms with E-state index in [9.17, 15) is 0 Å². The highest BCUT2D eigenvalue weighted by Crippen LogP contribution is 2.26. The van der Waals surface area contributed by atoms with Gasteiger partial charge in [0.15, 0.2) is 0 Å². The normalized spacial score (nSPS) is 17.9. The first-order chi connectivity index (χ1) is 10.2. The zero-order valence-corrected chi connectivity index (χ0v) is 12.2. The monoisotopic (exact) mass is 284 g/mol. The lowest BCUT2D eigenvalue weighted by Gasteiger charge is -2.20. The molecule has 1 aromatic heterocycles. The van der Waals surface area contributed by atoms with Crippen LogP contribution in [0, 0.1) is 0 Å². The van der Waals surface area contributed by atoms with Crippen LogP contribution in [0.3, 0.4) is 0 Å². The molecule has 1 aliphatic rings. The van der Waals surface area contributed by atoms with Crippen LogP contribution in [0.15, 0.2) is 36.4 Å². The molecule has 2 heterocycles. The van der Waals surface area contributed by atoms with Crippen molar-refractivity contribution in [2.45, 2.75) is 18.9 Å². The van der Waals surface area contributed by atoms with E-state index in [1.165, 1.54) is 5.56 Å². The summed E-state index contributed by atoms with van der Waals surface area (Å²) in [6, 6.07) is 12.3. The average Bonchev–Trinajstić information content (AvgIpc) is 3.02. The van der Waals surface area contributed by atoms with Crippen LogP contribution in [0.5, 0.6) is 0 Å². The largest absolute Gasteiger partial charge is 0.381 e. The molecule has 0 radical (unpaired) electrons. The highest BCUT2D eigenvalue weighted by atomic mass is 16.5. The van der Waals surface area contributed by atoms with Crippen LogP contribution in [-0.2, 0) is 11.3 Å². The summed E-state index contributed by atoms with van der Waals surface area (Å²) in [5.41, 5.74) is 8.09. The Labute approximate surface area is 124 Å². The van der Waals surface area contributed by atoms with Crippen molar-refractivity contribution in [2.75, 3.05) is 30.9 Å². The quantitative estimate of drug-likeness (QED) is 0.932. The van der Waals surface area contributed by atoms with E-state index in [0.29, 0.717) is 11.9 Å². The maximum atomic E-state index is 5.87. The standard InChI is InChI=1S/C16H20N4O/c1-20(10-12-5-3-2-4-6-12)15-9-14(18-16(17)19-15)13-7-8-21-11-13/h2-6,9,13H,7-8,10-11H2,1H3,(H2,17,18,19)/t13-/m1/s1. The number of nitrogen functional groups attached to an aromatic ring is 1. The molecule has 2 N–H and O–H groups in total. The van der Waals surface area contributed by atoms with Crippen molar-refractivity contribution in [3.63, 3.8) is 0 Å². The van der Waals surface area contributed by atoms with E-state index in [-0.39, 0.29) is 0 Å². The summed E-state index contributed by atoms with van der Waals surface area (Å²) >= 11 is 0. The second-order valence-electron chi connectivity index (χ2n) is 5.41. The molecule has 5 nitrogen and oxygen atoms in total. The minimum Gasteiger partial charge on any atom is -0.381 e. The smallest absolute Gasteiger partial charge is 0.222 e. The van der Waals surface area contributed by atoms with Crippen molar-refractivity contribution in [3.05, 3.63) is 47.7 Å². The van der Waals surface area contributed by atoms with Crippen LogP contribution in [-0.4, -0.2) is 30.2 Å². The first-order valence-electron chi connectivity index (χ1n) is 7.19. The molecule has 1 aliphatic heterocycles. The minimum absolute atomic E-state index is 0.328. The number of hydrogen-bond donors (Lipinski definition) is 1. The summed E-state index contributed by atoms with van der Waals surface area (Å²) in [4.78, 5) is 10.8. The minimum atomic E-state index is 0.328. The molecule has 1 atom stereocenters. The highest BCUT2D eigenvalue weighted by Gasteiger charge is 2.21. The van der Waals surface area contributed by atoms with Gasteiger partial charge in [0.2, 0.25) is 5.95 Å². The maximum Gasteiger partial charge on any atom is 0.222 e. The number of benzene rings is 1. The predicted molar refractivity (Wildman–Crippen MR) is 83.2 cm³/mol. The zero-order valence-electron chi connectivity index (χ0n) is 12.2. The van der Waals surface area contributed by atoms with E-state index >= 15 is 0 Å². The van der Waals surface area contributed by atoms with Crippen LogP contribution in [0.1, 0.15) is 23.6 Å². The van der Waals surface area contributed by atoms with Crippen molar-refractivity contribution in [3.8, 4) is 0 Å². The van der Waals surface area contributed by atoms with Gasteiger partial charge in [-0.1, -0.05) is 30.3 Å². The molecule has 0 aliphatic carbocycles. The zero-order chi connectivity index (χ0) is 14.7. The van der Waals surface area contributed by atoms with Gasteiger partial charge in [0.05, 0.1) is 12.3 Å². The Kier molecular flexibility index (Phi) is 4.01. The summed E-state index contributed by atoms with van der Waals surface area (Å²) in [7, 11) is 2.02. The summed E-state index contributed by atoms with van der Waals surface area (Å²) in [5.74, 6) is 1.52. The van der Waals surface area contributed by atoms with Crippen molar-refractivity contribution >= 4 is 11.8 Å². The maximum absolute atomic E-state index is 5.87. The highest BCUT2D eigenvalue weighted by molar-refractivity contribution is 5.44. The average molecular weight is 284 g/mol. The topological polar surface area (TPSA) is 64.3 Å². The molecular weight excluding hydrogens is 264 g/mol. The lowest BCUT2D eigenvalue weighted by atomic mass is 10.0. The van der Waals surface area contributed by atoms with E-state index in [1.807, 2.05) is 31.3 Å². The van der Waals surface area contributed by atoms with Crippen LogP contribution in [0.25, 0.3) is 0 Å². The van der Waals surface area contributed by atoms with E-state index in [1.54, 1.807) is 0 Å². The summed E-state index contributed by atoms with van der Waals surface area (Å²) in [5, 5.41) is 0. The van der Waals surface area contributed by atoms with Gasteiger partial charge in [-0.25, -0.2) is 4.98 Å². The Morgan fingerprint density at radius 2 is 2.10 bits per heavy atom. The van der Waals surface area contributed by atoms with E-state index in [2.05, 4.69) is 27.0 Å². The Morgan fingerprint density at radius 3 is 2.81 bits per heavy atom. The molecule has 0 bridgehead atoms. The summed E-state index contributed by atoms with van der Waals surface area (Å²) < 4.78 is 5.43. The molecular formula is C16H20N4O.